The van der Waals surface area contributed by atoms with Crippen molar-refractivity contribution >= 4 is 29.3 Å². The molecular formula is C17H18ClNOS. The molecule has 0 saturated carbocycles. The van der Waals surface area contributed by atoms with Gasteiger partial charge in [0.05, 0.1) is 5.56 Å². The number of rotatable bonds is 6. The van der Waals surface area contributed by atoms with Gasteiger partial charge in [0.15, 0.2) is 0 Å². The van der Waals surface area contributed by atoms with Crippen LogP contribution in [0.5, 0.6) is 0 Å². The quantitative estimate of drug-likeness (QED) is 0.644. The lowest BCUT2D eigenvalue weighted by molar-refractivity contribution is 0.0937. The van der Waals surface area contributed by atoms with Gasteiger partial charge in [0.2, 0.25) is 0 Å². The molecule has 2 rings (SSSR count). The van der Waals surface area contributed by atoms with Gasteiger partial charge < -0.3 is 5.32 Å². The highest BCUT2D eigenvalue weighted by Crippen LogP contribution is 2.20. The summed E-state index contributed by atoms with van der Waals surface area (Å²) >= 11 is 7.57. The third-order valence-corrected chi connectivity index (χ3v) is 4.37. The Morgan fingerprint density at radius 3 is 2.48 bits per heavy atom. The fourth-order valence-electron chi connectivity index (χ4n) is 2.14. The minimum Gasteiger partial charge on any atom is -0.348 e. The number of carbonyl (C=O) groups is 1. The molecule has 21 heavy (non-hydrogen) atoms. The van der Waals surface area contributed by atoms with Crippen molar-refractivity contribution in [3.05, 3.63) is 65.7 Å². The molecule has 0 aliphatic rings. The van der Waals surface area contributed by atoms with Crippen LogP contribution in [0.4, 0.5) is 0 Å². The van der Waals surface area contributed by atoms with E-state index < -0.39 is 0 Å². The summed E-state index contributed by atoms with van der Waals surface area (Å²) in [6.45, 7) is 0. The van der Waals surface area contributed by atoms with E-state index in [-0.39, 0.29) is 11.9 Å². The Kier molecular flexibility index (Phi) is 6.15. The smallest absolute Gasteiger partial charge is 0.252 e. The normalized spacial score (nSPS) is 11.9. The van der Waals surface area contributed by atoms with Crippen molar-refractivity contribution in [3.8, 4) is 0 Å². The molecule has 2 aromatic carbocycles. The van der Waals surface area contributed by atoms with E-state index in [1.54, 1.807) is 11.8 Å². The molecule has 0 heterocycles. The molecule has 0 bridgehead atoms. The second-order valence-corrected chi connectivity index (χ2v) is 5.87. The van der Waals surface area contributed by atoms with Crippen LogP contribution in [0.2, 0.25) is 0 Å². The van der Waals surface area contributed by atoms with Crippen molar-refractivity contribution in [1.29, 1.82) is 0 Å². The molecule has 1 unspecified atom stereocenters. The third-order valence-electron chi connectivity index (χ3n) is 3.20. The zero-order valence-electron chi connectivity index (χ0n) is 11.9. The molecule has 0 fully saturated rings. The van der Waals surface area contributed by atoms with Crippen LogP contribution < -0.4 is 5.32 Å². The highest BCUT2D eigenvalue weighted by molar-refractivity contribution is 7.98. The maximum Gasteiger partial charge on any atom is 0.252 e. The highest BCUT2D eigenvalue weighted by Gasteiger charge is 2.15. The molecule has 1 N–H and O–H groups in total. The van der Waals surface area contributed by atoms with Crippen LogP contribution in [0.25, 0.3) is 0 Å². The number of halogens is 1. The Labute approximate surface area is 134 Å². The lowest BCUT2D eigenvalue weighted by Gasteiger charge is -2.17. The summed E-state index contributed by atoms with van der Waals surface area (Å²) < 4.78 is 0. The largest absolute Gasteiger partial charge is 0.348 e. The number of nitrogens with one attached hydrogen (secondary N) is 1. The van der Waals surface area contributed by atoms with E-state index in [9.17, 15) is 4.79 Å². The molecule has 0 aliphatic heterocycles. The Morgan fingerprint density at radius 2 is 1.81 bits per heavy atom. The third kappa shape index (κ3) is 4.51. The molecule has 0 aromatic heterocycles. The molecule has 0 spiro atoms. The minimum atomic E-state index is -0.0727. The van der Waals surface area contributed by atoms with Gasteiger partial charge in [-0.1, -0.05) is 42.5 Å². The maximum atomic E-state index is 12.4. The van der Waals surface area contributed by atoms with Crippen molar-refractivity contribution in [2.75, 3.05) is 12.1 Å². The van der Waals surface area contributed by atoms with Gasteiger partial charge in [-0.25, -0.2) is 0 Å². The van der Waals surface area contributed by atoms with E-state index in [1.165, 1.54) is 5.56 Å². The van der Waals surface area contributed by atoms with E-state index >= 15 is 0 Å². The highest BCUT2D eigenvalue weighted by atomic mass is 35.5. The van der Waals surface area contributed by atoms with Crippen molar-refractivity contribution < 1.29 is 4.79 Å². The van der Waals surface area contributed by atoms with Crippen LogP contribution in [-0.4, -0.2) is 24.1 Å². The van der Waals surface area contributed by atoms with Gasteiger partial charge in [-0.05, 0) is 30.4 Å². The first-order chi connectivity index (χ1) is 10.2. The SMILES string of the molecule is CSc1ccccc1C(=O)NC(CCl)Cc1ccccc1. The number of hydrogen-bond donors (Lipinski definition) is 1. The fraction of sp³-hybridized carbons (Fsp3) is 0.235. The number of carbonyl (C=O) groups excluding carboxylic acids is 1. The Hall–Kier alpha value is -1.45. The summed E-state index contributed by atoms with van der Waals surface area (Å²) in [6.07, 6.45) is 2.70. The predicted molar refractivity (Wildman–Crippen MR) is 90.3 cm³/mol. The second kappa shape index (κ2) is 8.11. The summed E-state index contributed by atoms with van der Waals surface area (Å²) in [5.41, 5.74) is 1.87. The molecule has 2 nitrogen and oxygen atoms in total. The number of amides is 1. The fourth-order valence-corrected chi connectivity index (χ4v) is 2.92. The average Bonchev–Trinajstić information content (AvgIpc) is 2.55. The van der Waals surface area contributed by atoms with E-state index in [1.807, 2.05) is 60.9 Å². The minimum absolute atomic E-state index is 0.0680. The molecule has 110 valence electrons. The number of thioether (sulfide) groups is 1. The molecule has 0 radical (unpaired) electrons. The van der Waals surface area contributed by atoms with Gasteiger partial charge in [-0.3, -0.25) is 4.79 Å². The van der Waals surface area contributed by atoms with Gasteiger partial charge in [0, 0.05) is 16.8 Å². The van der Waals surface area contributed by atoms with Gasteiger partial charge in [0.25, 0.3) is 5.91 Å². The summed E-state index contributed by atoms with van der Waals surface area (Å²) in [6, 6.07) is 17.6. The van der Waals surface area contributed by atoms with Crippen LogP contribution in [0, 0.1) is 0 Å². The van der Waals surface area contributed by atoms with Crippen molar-refractivity contribution in [3.63, 3.8) is 0 Å². The Morgan fingerprint density at radius 1 is 1.14 bits per heavy atom. The van der Waals surface area contributed by atoms with Gasteiger partial charge >= 0.3 is 0 Å². The van der Waals surface area contributed by atoms with Crippen molar-refractivity contribution in [2.45, 2.75) is 17.4 Å². The van der Waals surface area contributed by atoms with E-state index in [4.69, 9.17) is 11.6 Å². The topological polar surface area (TPSA) is 29.1 Å². The first-order valence-electron chi connectivity index (χ1n) is 6.78. The van der Waals surface area contributed by atoms with E-state index in [0.717, 1.165) is 11.3 Å². The predicted octanol–water partition coefficient (Wildman–Crippen LogP) is 3.99. The zero-order valence-corrected chi connectivity index (χ0v) is 13.5. The molecule has 4 heteroatoms. The zero-order chi connectivity index (χ0) is 15.1. The summed E-state index contributed by atoms with van der Waals surface area (Å²) in [7, 11) is 0. The lowest BCUT2D eigenvalue weighted by atomic mass is 10.1. The van der Waals surface area contributed by atoms with Gasteiger partial charge in [-0.15, -0.1) is 23.4 Å². The summed E-state index contributed by atoms with van der Waals surface area (Å²) in [5.74, 6) is 0.323. The first-order valence-corrected chi connectivity index (χ1v) is 8.54. The van der Waals surface area contributed by atoms with Crippen LogP contribution in [0.3, 0.4) is 0 Å². The molecule has 0 aliphatic carbocycles. The molecule has 1 atom stereocenters. The maximum absolute atomic E-state index is 12.4. The Balaban J connectivity index is 2.06. The average molecular weight is 320 g/mol. The first kappa shape index (κ1) is 15.9. The van der Waals surface area contributed by atoms with Crippen molar-refractivity contribution in [1.82, 2.24) is 5.32 Å². The van der Waals surface area contributed by atoms with E-state index in [2.05, 4.69) is 5.32 Å². The van der Waals surface area contributed by atoms with Crippen molar-refractivity contribution in [2.24, 2.45) is 0 Å². The summed E-state index contributed by atoms with van der Waals surface area (Å²) in [4.78, 5) is 13.4. The van der Waals surface area contributed by atoms with Crippen LogP contribution in [0.1, 0.15) is 15.9 Å². The van der Waals surface area contributed by atoms with Gasteiger partial charge in [-0.2, -0.15) is 0 Å². The second-order valence-electron chi connectivity index (χ2n) is 4.71. The number of benzene rings is 2. The lowest BCUT2D eigenvalue weighted by Crippen LogP contribution is -2.38. The molecular weight excluding hydrogens is 302 g/mol. The van der Waals surface area contributed by atoms with Crippen LogP contribution in [0.15, 0.2) is 59.5 Å². The monoisotopic (exact) mass is 319 g/mol. The van der Waals surface area contributed by atoms with Crippen LogP contribution in [-0.2, 0) is 6.42 Å². The standard InChI is InChI=1S/C17H18ClNOS/c1-21-16-10-6-5-9-15(16)17(20)19-14(12-18)11-13-7-3-2-4-8-13/h2-10,14H,11-12H2,1H3,(H,19,20). The number of hydrogen-bond acceptors (Lipinski definition) is 2. The number of alkyl halides is 1. The molecule has 2 aromatic rings. The molecule has 0 saturated heterocycles. The Bertz CT molecular complexity index is 588. The summed E-state index contributed by atoms with van der Waals surface area (Å²) in [5, 5.41) is 3.02. The molecule has 1 amide bonds. The van der Waals surface area contributed by atoms with E-state index in [0.29, 0.717) is 11.4 Å². The van der Waals surface area contributed by atoms with Crippen LogP contribution >= 0.6 is 23.4 Å². The van der Waals surface area contributed by atoms with Gasteiger partial charge in [0.1, 0.15) is 0 Å².